The third-order valence-corrected chi connectivity index (χ3v) is 4.85. The zero-order chi connectivity index (χ0) is 17.2. The van der Waals surface area contributed by atoms with Crippen LogP contribution in [0.25, 0.3) is 22.1 Å². The van der Waals surface area contributed by atoms with Crippen LogP contribution >= 0.6 is 0 Å². The zero-order valence-corrected chi connectivity index (χ0v) is 14.9. The molecule has 0 radical (unpaired) electrons. The summed E-state index contributed by atoms with van der Waals surface area (Å²) in [5.41, 5.74) is 7.20. The molecule has 0 fully saturated rings. The van der Waals surface area contributed by atoms with Crippen LogP contribution in [0.5, 0.6) is 0 Å². The predicted octanol–water partition coefficient (Wildman–Crippen LogP) is 4.87. The highest BCUT2D eigenvalue weighted by atomic mass is 15.0. The average molecular weight is 332 g/mol. The van der Waals surface area contributed by atoms with Gasteiger partial charge >= 0.3 is 0 Å². The molecule has 2 heterocycles. The Morgan fingerprint density at radius 1 is 0.680 bits per heavy atom. The maximum Gasteiger partial charge on any atom is 0.0958 e. The van der Waals surface area contributed by atoms with Gasteiger partial charge in [-0.3, -0.25) is 0 Å². The standard InChI is InChI=1S/C21H24N4/c1-16-6-8-20-18(12-16)22-14-24(20)10-4-3-5-11-25-15-23-19-13-17(2)7-9-21(19)25/h6-9,12-15H,3-5,10-11H2,1-2H3. The molecule has 0 aliphatic rings. The van der Waals surface area contributed by atoms with Gasteiger partial charge in [0, 0.05) is 13.1 Å². The van der Waals surface area contributed by atoms with Crippen molar-refractivity contribution < 1.29 is 0 Å². The van der Waals surface area contributed by atoms with Crippen molar-refractivity contribution in [1.29, 1.82) is 0 Å². The predicted molar refractivity (Wildman–Crippen MR) is 103 cm³/mol. The monoisotopic (exact) mass is 332 g/mol. The van der Waals surface area contributed by atoms with E-state index >= 15 is 0 Å². The van der Waals surface area contributed by atoms with Crippen molar-refractivity contribution in [3.63, 3.8) is 0 Å². The molecule has 0 bridgehead atoms. The molecule has 0 aliphatic carbocycles. The lowest BCUT2D eigenvalue weighted by Crippen LogP contribution is -1.99. The lowest BCUT2D eigenvalue weighted by molar-refractivity contribution is 0.556. The van der Waals surface area contributed by atoms with Gasteiger partial charge in [-0.25, -0.2) is 9.97 Å². The fourth-order valence-electron chi connectivity index (χ4n) is 3.45. The Morgan fingerprint density at radius 2 is 1.16 bits per heavy atom. The van der Waals surface area contributed by atoms with Crippen molar-refractivity contribution in [2.24, 2.45) is 0 Å². The second-order valence-electron chi connectivity index (χ2n) is 6.92. The maximum atomic E-state index is 4.51. The van der Waals surface area contributed by atoms with Crippen molar-refractivity contribution in [2.75, 3.05) is 0 Å². The van der Waals surface area contributed by atoms with E-state index in [1.807, 2.05) is 12.7 Å². The quantitative estimate of drug-likeness (QED) is 0.472. The molecular formula is C21H24N4. The van der Waals surface area contributed by atoms with Gasteiger partial charge in [0.25, 0.3) is 0 Å². The van der Waals surface area contributed by atoms with Gasteiger partial charge in [0.15, 0.2) is 0 Å². The third kappa shape index (κ3) is 3.29. The second kappa shape index (κ2) is 6.71. The first-order chi connectivity index (χ1) is 12.2. The van der Waals surface area contributed by atoms with Crippen LogP contribution in [-0.2, 0) is 13.1 Å². The summed E-state index contributed by atoms with van der Waals surface area (Å²) in [7, 11) is 0. The summed E-state index contributed by atoms with van der Waals surface area (Å²) in [5.74, 6) is 0. The molecule has 0 spiro atoms. The normalized spacial score (nSPS) is 11.6. The molecule has 0 atom stereocenters. The lowest BCUT2D eigenvalue weighted by atomic mass is 10.2. The highest BCUT2D eigenvalue weighted by molar-refractivity contribution is 5.76. The number of nitrogens with zero attached hydrogens (tertiary/aromatic N) is 4. The molecule has 4 heteroatoms. The summed E-state index contributed by atoms with van der Waals surface area (Å²) < 4.78 is 4.54. The van der Waals surface area contributed by atoms with E-state index in [-0.39, 0.29) is 0 Å². The van der Waals surface area contributed by atoms with Crippen LogP contribution in [-0.4, -0.2) is 19.1 Å². The van der Waals surface area contributed by atoms with Crippen molar-refractivity contribution in [3.05, 3.63) is 60.2 Å². The van der Waals surface area contributed by atoms with Crippen molar-refractivity contribution >= 4 is 22.1 Å². The molecule has 0 unspecified atom stereocenters. The van der Waals surface area contributed by atoms with E-state index in [0.29, 0.717) is 0 Å². The second-order valence-corrected chi connectivity index (χ2v) is 6.92. The van der Waals surface area contributed by atoms with Crippen LogP contribution in [0.15, 0.2) is 49.1 Å². The van der Waals surface area contributed by atoms with Crippen LogP contribution in [0, 0.1) is 13.8 Å². The molecule has 0 N–H and O–H groups in total. The number of fused-ring (bicyclic) bond motifs is 2. The molecule has 4 nitrogen and oxygen atoms in total. The molecule has 0 saturated heterocycles. The smallest absolute Gasteiger partial charge is 0.0958 e. The van der Waals surface area contributed by atoms with E-state index in [4.69, 9.17) is 0 Å². The van der Waals surface area contributed by atoms with Gasteiger partial charge < -0.3 is 9.13 Å². The molecule has 0 saturated carbocycles. The van der Waals surface area contributed by atoms with Crippen LogP contribution in [0.2, 0.25) is 0 Å². The summed E-state index contributed by atoms with van der Waals surface area (Å²) in [6.45, 7) is 6.28. The SMILES string of the molecule is Cc1ccc2c(c1)ncn2CCCCCn1cnc2cc(C)ccc21. The van der Waals surface area contributed by atoms with Crippen molar-refractivity contribution in [2.45, 2.75) is 46.2 Å². The highest BCUT2D eigenvalue weighted by Gasteiger charge is 2.04. The van der Waals surface area contributed by atoms with Gasteiger partial charge in [-0.2, -0.15) is 0 Å². The van der Waals surface area contributed by atoms with Crippen LogP contribution < -0.4 is 0 Å². The molecular weight excluding hydrogens is 308 g/mol. The van der Waals surface area contributed by atoms with E-state index < -0.39 is 0 Å². The minimum absolute atomic E-state index is 1.03. The number of aryl methyl sites for hydroxylation is 4. The largest absolute Gasteiger partial charge is 0.331 e. The number of aromatic nitrogens is 4. The summed E-state index contributed by atoms with van der Waals surface area (Å²) in [4.78, 5) is 9.02. The topological polar surface area (TPSA) is 35.6 Å². The van der Waals surface area contributed by atoms with E-state index in [2.05, 4.69) is 69.3 Å². The highest BCUT2D eigenvalue weighted by Crippen LogP contribution is 2.17. The summed E-state index contributed by atoms with van der Waals surface area (Å²) in [6, 6.07) is 13.0. The Morgan fingerprint density at radius 3 is 1.64 bits per heavy atom. The molecule has 128 valence electrons. The Bertz CT molecular complexity index is 927. The lowest BCUT2D eigenvalue weighted by Gasteiger charge is -2.06. The Labute approximate surface area is 148 Å². The van der Waals surface area contributed by atoms with E-state index in [1.54, 1.807) is 0 Å². The number of hydrogen-bond donors (Lipinski definition) is 0. The fourth-order valence-corrected chi connectivity index (χ4v) is 3.45. The Hall–Kier alpha value is -2.62. The van der Waals surface area contributed by atoms with Crippen LogP contribution in [0.4, 0.5) is 0 Å². The molecule has 4 rings (SSSR count). The zero-order valence-electron chi connectivity index (χ0n) is 14.9. The van der Waals surface area contributed by atoms with E-state index in [1.165, 1.54) is 41.4 Å². The number of benzene rings is 2. The van der Waals surface area contributed by atoms with Crippen molar-refractivity contribution in [3.8, 4) is 0 Å². The minimum atomic E-state index is 1.03. The minimum Gasteiger partial charge on any atom is -0.331 e. The molecule has 25 heavy (non-hydrogen) atoms. The van der Waals surface area contributed by atoms with E-state index in [9.17, 15) is 0 Å². The number of imidazole rings is 2. The number of unbranched alkanes of at least 4 members (excludes halogenated alkanes) is 2. The van der Waals surface area contributed by atoms with Gasteiger partial charge in [-0.05, 0) is 68.5 Å². The van der Waals surface area contributed by atoms with Gasteiger partial charge in [0.1, 0.15) is 0 Å². The summed E-state index contributed by atoms with van der Waals surface area (Å²) >= 11 is 0. The Kier molecular flexibility index (Phi) is 4.26. The Balaban J connectivity index is 1.31. The van der Waals surface area contributed by atoms with Gasteiger partial charge in [0.05, 0.1) is 34.7 Å². The van der Waals surface area contributed by atoms with Crippen LogP contribution in [0.1, 0.15) is 30.4 Å². The first kappa shape index (κ1) is 15.9. The third-order valence-electron chi connectivity index (χ3n) is 4.85. The van der Waals surface area contributed by atoms with E-state index in [0.717, 1.165) is 24.1 Å². The van der Waals surface area contributed by atoms with Crippen LogP contribution in [0.3, 0.4) is 0 Å². The molecule has 0 amide bonds. The molecule has 2 aromatic heterocycles. The van der Waals surface area contributed by atoms with Gasteiger partial charge in [-0.15, -0.1) is 0 Å². The maximum absolute atomic E-state index is 4.51. The summed E-state index contributed by atoms with van der Waals surface area (Å²) in [6.07, 6.45) is 7.48. The molecule has 4 aromatic rings. The number of rotatable bonds is 6. The summed E-state index contributed by atoms with van der Waals surface area (Å²) in [5, 5.41) is 0. The van der Waals surface area contributed by atoms with Gasteiger partial charge in [0.2, 0.25) is 0 Å². The number of hydrogen-bond acceptors (Lipinski definition) is 2. The average Bonchev–Trinajstić information content (AvgIpc) is 3.18. The molecule has 2 aromatic carbocycles. The fraction of sp³-hybridized carbons (Fsp3) is 0.333. The van der Waals surface area contributed by atoms with Gasteiger partial charge in [-0.1, -0.05) is 12.1 Å². The van der Waals surface area contributed by atoms with Crippen molar-refractivity contribution in [1.82, 2.24) is 19.1 Å². The first-order valence-corrected chi connectivity index (χ1v) is 9.04. The first-order valence-electron chi connectivity index (χ1n) is 9.04. The molecule has 0 aliphatic heterocycles.